The van der Waals surface area contributed by atoms with E-state index < -0.39 is 5.91 Å². The second-order valence-corrected chi connectivity index (χ2v) is 9.10. The fraction of sp³-hybridized carbons (Fsp3) is 0.333. The zero-order chi connectivity index (χ0) is 23.5. The highest BCUT2D eigenvalue weighted by Crippen LogP contribution is 2.32. The molecule has 2 aliphatic heterocycles. The normalized spacial score (nSPS) is 17.6. The highest BCUT2D eigenvalue weighted by molar-refractivity contribution is 6.38. The van der Waals surface area contributed by atoms with Crippen LogP contribution < -0.4 is 10.6 Å². The molecule has 5 rings (SSSR count). The van der Waals surface area contributed by atoms with E-state index in [9.17, 15) is 14.7 Å². The average molecular weight is 459 g/mol. The SMILES string of the molecule is O=C1NC(=O)C(c2cn(CCCN3CCC(CO)CC3)c3ccccc23)=C1Nc1ccccc1. The Kier molecular flexibility index (Phi) is 6.47. The number of anilines is 1. The highest BCUT2D eigenvalue weighted by Gasteiger charge is 2.33. The second-order valence-electron chi connectivity index (χ2n) is 9.10. The third-order valence-electron chi connectivity index (χ3n) is 6.87. The monoisotopic (exact) mass is 458 g/mol. The number of aliphatic hydroxyl groups is 1. The largest absolute Gasteiger partial charge is 0.396 e. The Morgan fingerprint density at radius 1 is 0.941 bits per heavy atom. The van der Waals surface area contributed by atoms with Gasteiger partial charge in [0.05, 0.1) is 5.57 Å². The molecule has 0 atom stereocenters. The molecule has 0 bridgehead atoms. The first-order valence-corrected chi connectivity index (χ1v) is 12.0. The minimum Gasteiger partial charge on any atom is -0.396 e. The summed E-state index contributed by atoms with van der Waals surface area (Å²) < 4.78 is 2.19. The van der Waals surface area contributed by atoms with Gasteiger partial charge in [0.2, 0.25) is 0 Å². The maximum Gasteiger partial charge on any atom is 0.275 e. The lowest BCUT2D eigenvalue weighted by Crippen LogP contribution is -2.35. The van der Waals surface area contributed by atoms with Crippen molar-refractivity contribution in [1.82, 2.24) is 14.8 Å². The topological polar surface area (TPSA) is 86.6 Å². The van der Waals surface area contributed by atoms with Gasteiger partial charge in [-0.25, -0.2) is 0 Å². The van der Waals surface area contributed by atoms with Gasteiger partial charge in [0, 0.05) is 41.5 Å². The van der Waals surface area contributed by atoms with Crippen LogP contribution in [0.3, 0.4) is 0 Å². The number of aliphatic hydroxyl groups excluding tert-OH is 1. The molecule has 2 aromatic carbocycles. The van der Waals surface area contributed by atoms with Gasteiger partial charge in [0.25, 0.3) is 11.8 Å². The Morgan fingerprint density at radius 3 is 2.44 bits per heavy atom. The fourth-order valence-electron chi connectivity index (χ4n) is 4.99. The van der Waals surface area contributed by atoms with Crippen LogP contribution >= 0.6 is 0 Å². The molecule has 1 fully saturated rings. The molecule has 7 nitrogen and oxygen atoms in total. The second kappa shape index (κ2) is 9.83. The Labute approximate surface area is 199 Å². The number of amides is 2. The number of rotatable bonds is 8. The number of nitrogens with zero attached hydrogens (tertiary/aromatic N) is 2. The van der Waals surface area contributed by atoms with E-state index in [1.54, 1.807) is 0 Å². The van der Waals surface area contributed by atoms with E-state index in [1.807, 2.05) is 54.7 Å². The molecule has 2 aliphatic rings. The van der Waals surface area contributed by atoms with Crippen LogP contribution in [0.5, 0.6) is 0 Å². The van der Waals surface area contributed by atoms with Crippen molar-refractivity contribution in [2.45, 2.75) is 25.8 Å². The molecule has 3 heterocycles. The maximum atomic E-state index is 12.8. The van der Waals surface area contributed by atoms with Crippen molar-refractivity contribution in [1.29, 1.82) is 0 Å². The summed E-state index contributed by atoms with van der Waals surface area (Å²) in [4.78, 5) is 27.9. The van der Waals surface area contributed by atoms with Gasteiger partial charge in [-0.15, -0.1) is 0 Å². The predicted molar refractivity (Wildman–Crippen MR) is 133 cm³/mol. The van der Waals surface area contributed by atoms with Crippen molar-refractivity contribution in [3.63, 3.8) is 0 Å². The van der Waals surface area contributed by atoms with E-state index in [-0.39, 0.29) is 11.6 Å². The minimum atomic E-state index is -0.410. The molecule has 0 aliphatic carbocycles. The van der Waals surface area contributed by atoms with Gasteiger partial charge in [-0.3, -0.25) is 14.9 Å². The molecule has 7 heteroatoms. The number of hydrogen-bond donors (Lipinski definition) is 3. The van der Waals surface area contributed by atoms with E-state index in [2.05, 4.69) is 26.2 Å². The third kappa shape index (κ3) is 4.49. The summed E-state index contributed by atoms with van der Waals surface area (Å²) in [5, 5.41) is 15.9. The van der Waals surface area contributed by atoms with Crippen molar-refractivity contribution in [2.24, 2.45) is 5.92 Å². The third-order valence-corrected chi connectivity index (χ3v) is 6.87. The maximum absolute atomic E-state index is 12.8. The molecule has 1 aromatic heterocycles. The van der Waals surface area contributed by atoms with E-state index in [1.165, 1.54) is 0 Å². The van der Waals surface area contributed by atoms with Crippen LogP contribution in [0.25, 0.3) is 16.5 Å². The van der Waals surface area contributed by atoms with E-state index in [0.717, 1.165) is 67.6 Å². The Bertz CT molecular complexity index is 1220. The van der Waals surface area contributed by atoms with Crippen LogP contribution in [0.4, 0.5) is 5.69 Å². The first-order chi connectivity index (χ1) is 16.6. The lowest BCUT2D eigenvalue weighted by Gasteiger charge is -2.31. The van der Waals surface area contributed by atoms with Gasteiger partial charge in [-0.2, -0.15) is 0 Å². The standard InChI is InChI=1S/C27H30N4O3/c32-18-19-11-15-30(16-12-19)13-6-14-31-17-22(21-9-4-5-10-23(21)31)24-25(27(34)29-26(24)33)28-20-7-2-1-3-8-20/h1-5,7-10,17,19,32H,6,11-16,18H2,(H2,28,29,33,34). The number of hydrogen-bond acceptors (Lipinski definition) is 5. The molecular formula is C27H30N4O3. The van der Waals surface area contributed by atoms with Crippen molar-refractivity contribution in [3.05, 3.63) is 72.1 Å². The average Bonchev–Trinajstić information content (AvgIpc) is 3.36. The Balaban J connectivity index is 1.40. The van der Waals surface area contributed by atoms with E-state index in [4.69, 9.17) is 0 Å². The summed E-state index contributed by atoms with van der Waals surface area (Å²) in [6.45, 7) is 4.19. The van der Waals surface area contributed by atoms with Crippen LogP contribution in [0.1, 0.15) is 24.8 Å². The molecule has 3 aromatic rings. The number of carbonyl (C=O) groups is 2. The number of para-hydroxylation sites is 2. The summed E-state index contributed by atoms with van der Waals surface area (Å²) in [6, 6.07) is 17.4. The van der Waals surface area contributed by atoms with Gasteiger partial charge < -0.3 is 19.9 Å². The van der Waals surface area contributed by atoms with Crippen molar-refractivity contribution in [3.8, 4) is 0 Å². The zero-order valence-electron chi connectivity index (χ0n) is 19.2. The molecule has 0 spiro atoms. The van der Waals surface area contributed by atoms with Gasteiger partial charge in [-0.05, 0) is 63.0 Å². The zero-order valence-corrected chi connectivity index (χ0v) is 19.2. The van der Waals surface area contributed by atoms with E-state index in [0.29, 0.717) is 18.1 Å². The van der Waals surface area contributed by atoms with Crippen molar-refractivity contribution in [2.75, 3.05) is 31.6 Å². The lowest BCUT2D eigenvalue weighted by atomic mass is 9.98. The molecule has 0 saturated carbocycles. The number of imide groups is 1. The number of likely N-dealkylation sites (tertiary alicyclic amines) is 1. The Morgan fingerprint density at radius 2 is 1.68 bits per heavy atom. The first-order valence-electron chi connectivity index (χ1n) is 12.0. The number of aryl methyl sites for hydroxylation is 1. The van der Waals surface area contributed by atoms with Gasteiger partial charge in [0.15, 0.2) is 0 Å². The van der Waals surface area contributed by atoms with Gasteiger partial charge in [-0.1, -0.05) is 36.4 Å². The fourth-order valence-corrected chi connectivity index (χ4v) is 4.99. The molecular weight excluding hydrogens is 428 g/mol. The van der Waals surface area contributed by atoms with Gasteiger partial charge in [0.1, 0.15) is 5.70 Å². The Hall–Kier alpha value is -3.42. The number of benzene rings is 2. The van der Waals surface area contributed by atoms with Crippen molar-refractivity contribution >= 4 is 34.0 Å². The molecule has 34 heavy (non-hydrogen) atoms. The first kappa shape index (κ1) is 22.4. The number of fused-ring (bicyclic) bond motifs is 1. The van der Waals surface area contributed by atoms with Crippen LogP contribution in [0.2, 0.25) is 0 Å². The smallest absolute Gasteiger partial charge is 0.275 e. The number of aromatic nitrogens is 1. The van der Waals surface area contributed by atoms with Crippen molar-refractivity contribution < 1.29 is 14.7 Å². The van der Waals surface area contributed by atoms with Crippen LogP contribution in [0, 0.1) is 5.92 Å². The van der Waals surface area contributed by atoms with Gasteiger partial charge >= 0.3 is 0 Å². The molecule has 3 N–H and O–H groups in total. The summed E-state index contributed by atoms with van der Waals surface area (Å²) in [7, 11) is 0. The van der Waals surface area contributed by atoms with E-state index >= 15 is 0 Å². The molecule has 0 unspecified atom stereocenters. The molecule has 176 valence electrons. The molecule has 1 saturated heterocycles. The number of nitrogens with one attached hydrogen (secondary N) is 2. The summed E-state index contributed by atoms with van der Waals surface area (Å²) >= 11 is 0. The summed E-state index contributed by atoms with van der Waals surface area (Å²) in [5.41, 5.74) is 3.24. The molecule has 0 radical (unpaired) electrons. The summed E-state index contributed by atoms with van der Waals surface area (Å²) in [6.07, 6.45) is 5.10. The number of carbonyl (C=O) groups excluding carboxylic acids is 2. The van der Waals surface area contributed by atoms with Crippen LogP contribution in [-0.4, -0.2) is 52.6 Å². The van der Waals surface area contributed by atoms with Crippen LogP contribution in [0.15, 0.2) is 66.5 Å². The number of piperidine rings is 1. The predicted octanol–water partition coefficient (Wildman–Crippen LogP) is 3.22. The molecule has 2 amide bonds. The highest BCUT2D eigenvalue weighted by atomic mass is 16.3. The quantitative estimate of drug-likeness (QED) is 0.451. The summed E-state index contributed by atoms with van der Waals surface area (Å²) in [5.74, 6) is -0.343. The van der Waals surface area contributed by atoms with Crippen LogP contribution in [-0.2, 0) is 16.1 Å². The minimum absolute atomic E-state index is 0.283. The lowest BCUT2D eigenvalue weighted by molar-refractivity contribution is -0.123.